The summed E-state index contributed by atoms with van der Waals surface area (Å²) in [6, 6.07) is 4.77. The van der Waals surface area contributed by atoms with Gasteiger partial charge in [-0.05, 0) is 43.7 Å². The summed E-state index contributed by atoms with van der Waals surface area (Å²) in [6.07, 6.45) is 9.98. The number of carboxylic acids is 1. The van der Waals surface area contributed by atoms with E-state index in [1.165, 1.54) is 12.8 Å². The molecule has 138 valence electrons. The van der Waals surface area contributed by atoms with Crippen LogP contribution >= 0.6 is 0 Å². The van der Waals surface area contributed by atoms with Gasteiger partial charge in [-0.1, -0.05) is 0 Å². The Labute approximate surface area is 152 Å². The number of hydrogen-bond donors (Lipinski definition) is 3. The van der Waals surface area contributed by atoms with Crippen LogP contribution in [-0.2, 0) is 11.3 Å². The normalized spacial score (nSPS) is 22.3. The van der Waals surface area contributed by atoms with Crippen LogP contribution in [0.25, 0.3) is 11.3 Å². The number of hydrogen-bond acceptors (Lipinski definition) is 5. The molecule has 2 aliphatic rings. The first kappa shape index (κ1) is 17.2. The lowest BCUT2D eigenvalue weighted by Crippen LogP contribution is -2.54. The molecule has 3 N–H and O–H groups in total. The smallest absolute Gasteiger partial charge is 0.317 e. The summed E-state index contributed by atoms with van der Waals surface area (Å²) in [7, 11) is 0. The predicted octanol–water partition coefficient (Wildman–Crippen LogP) is 1.89. The van der Waals surface area contributed by atoms with Crippen molar-refractivity contribution in [1.82, 2.24) is 25.4 Å². The van der Waals surface area contributed by atoms with Crippen molar-refractivity contribution in [2.24, 2.45) is 5.92 Å². The lowest BCUT2D eigenvalue weighted by molar-refractivity contribution is -0.139. The first-order chi connectivity index (χ1) is 12.7. The maximum atomic E-state index is 11.1. The predicted molar refractivity (Wildman–Crippen MR) is 97.4 cm³/mol. The zero-order valence-electron chi connectivity index (χ0n) is 14.8. The van der Waals surface area contributed by atoms with Crippen LogP contribution in [0.3, 0.4) is 0 Å². The van der Waals surface area contributed by atoms with Gasteiger partial charge in [0.25, 0.3) is 0 Å². The maximum absolute atomic E-state index is 11.1. The molecule has 2 aromatic heterocycles. The van der Waals surface area contributed by atoms with Gasteiger partial charge in [-0.15, -0.1) is 0 Å². The number of nitrogens with one attached hydrogen (secondary N) is 2. The number of rotatable bonds is 9. The Morgan fingerprint density at radius 2 is 2.19 bits per heavy atom. The van der Waals surface area contributed by atoms with Crippen LogP contribution in [0.5, 0.6) is 0 Å². The van der Waals surface area contributed by atoms with E-state index in [1.807, 2.05) is 24.5 Å². The molecular weight excluding hydrogens is 330 g/mol. The first-order valence-electron chi connectivity index (χ1n) is 9.31. The van der Waals surface area contributed by atoms with Gasteiger partial charge < -0.3 is 10.4 Å². The van der Waals surface area contributed by atoms with Gasteiger partial charge in [-0.25, -0.2) is 0 Å². The molecule has 2 heterocycles. The molecule has 2 saturated carbocycles. The van der Waals surface area contributed by atoms with Gasteiger partial charge in [0, 0.05) is 48.7 Å². The lowest BCUT2D eigenvalue weighted by Gasteiger charge is -2.43. The SMILES string of the molecule is O=C(O)CN(CC1CC1)C1CC(NCc2cn[nH]c2-c2cccnc2)C1. The summed E-state index contributed by atoms with van der Waals surface area (Å²) >= 11 is 0. The Balaban J connectivity index is 1.28. The highest BCUT2D eigenvalue weighted by Crippen LogP contribution is 2.34. The van der Waals surface area contributed by atoms with Crippen molar-refractivity contribution in [3.63, 3.8) is 0 Å². The summed E-state index contributed by atoms with van der Waals surface area (Å²) in [5.41, 5.74) is 3.16. The third-order valence-corrected chi connectivity index (χ3v) is 5.41. The Morgan fingerprint density at radius 3 is 2.88 bits per heavy atom. The molecule has 2 fully saturated rings. The Kier molecular flexibility index (Phi) is 4.99. The Morgan fingerprint density at radius 1 is 1.35 bits per heavy atom. The standard InChI is InChI=1S/C19H25N5O2/c25-18(26)12-24(11-13-3-4-13)17-6-16(7-17)21-9-15-10-22-23-19(15)14-2-1-5-20-8-14/h1-2,5,8,10,13,16-17,21H,3-4,6-7,9,11-12H2,(H,22,23)(H,25,26). The molecule has 0 saturated heterocycles. The van der Waals surface area contributed by atoms with Crippen LogP contribution < -0.4 is 5.32 Å². The fourth-order valence-electron chi connectivity index (χ4n) is 3.66. The van der Waals surface area contributed by atoms with Gasteiger partial charge >= 0.3 is 5.97 Å². The van der Waals surface area contributed by atoms with Crippen molar-refractivity contribution in [3.05, 3.63) is 36.3 Å². The minimum Gasteiger partial charge on any atom is -0.480 e. The fraction of sp³-hybridized carbons (Fsp3) is 0.526. The quantitative estimate of drug-likeness (QED) is 0.636. The Hall–Kier alpha value is -2.25. The molecule has 0 radical (unpaired) electrons. The van der Waals surface area contributed by atoms with Crippen molar-refractivity contribution < 1.29 is 9.90 Å². The molecule has 4 rings (SSSR count). The minimum absolute atomic E-state index is 0.167. The zero-order valence-corrected chi connectivity index (χ0v) is 14.8. The minimum atomic E-state index is -0.721. The van der Waals surface area contributed by atoms with Gasteiger partial charge in [-0.2, -0.15) is 5.10 Å². The third kappa shape index (κ3) is 4.11. The molecule has 26 heavy (non-hydrogen) atoms. The highest BCUT2D eigenvalue weighted by molar-refractivity contribution is 5.69. The van der Waals surface area contributed by atoms with E-state index in [2.05, 4.69) is 25.4 Å². The molecule has 0 unspecified atom stereocenters. The summed E-state index contributed by atoms with van der Waals surface area (Å²) < 4.78 is 0. The monoisotopic (exact) mass is 355 g/mol. The van der Waals surface area contributed by atoms with Crippen molar-refractivity contribution in [2.75, 3.05) is 13.1 Å². The highest BCUT2D eigenvalue weighted by atomic mass is 16.4. The number of carbonyl (C=O) groups is 1. The summed E-state index contributed by atoms with van der Waals surface area (Å²) in [6.45, 7) is 1.86. The van der Waals surface area contributed by atoms with E-state index in [9.17, 15) is 4.79 Å². The van der Waals surface area contributed by atoms with E-state index in [0.717, 1.165) is 42.8 Å². The zero-order chi connectivity index (χ0) is 17.9. The van der Waals surface area contributed by atoms with Crippen LogP contribution in [0.2, 0.25) is 0 Å². The average Bonchev–Trinajstić information content (AvgIpc) is 3.28. The molecule has 2 aliphatic carbocycles. The highest BCUT2D eigenvalue weighted by Gasteiger charge is 2.36. The second-order valence-corrected chi connectivity index (χ2v) is 7.48. The lowest BCUT2D eigenvalue weighted by atomic mass is 9.85. The van der Waals surface area contributed by atoms with E-state index < -0.39 is 5.97 Å². The van der Waals surface area contributed by atoms with Crippen LogP contribution in [0.15, 0.2) is 30.7 Å². The van der Waals surface area contributed by atoms with Crippen molar-refractivity contribution in [3.8, 4) is 11.3 Å². The van der Waals surface area contributed by atoms with Gasteiger partial charge in [-0.3, -0.25) is 19.8 Å². The van der Waals surface area contributed by atoms with Crippen molar-refractivity contribution in [1.29, 1.82) is 0 Å². The van der Waals surface area contributed by atoms with Crippen molar-refractivity contribution in [2.45, 2.75) is 44.3 Å². The largest absolute Gasteiger partial charge is 0.480 e. The summed E-state index contributed by atoms with van der Waals surface area (Å²) in [4.78, 5) is 17.4. The second-order valence-electron chi connectivity index (χ2n) is 7.48. The van der Waals surface area contributed by atoms with Crippen molar-refractivity contribution >= 4 is 5.97 Å². The fourth-order valence-corrected chi connectivity index (χ4v) is 3.66. The molecule has 0 spiro atoms. The molecule has 0 amide bonds. The molecule has 2 aromatic rings. The molecule has 7 nitrogen and oxygen atoms in total. The van der Waals surface area contributed by atoms with Crippen LogP contribution in [0.4, 0.5) is 0 Å². The number of aromatic nitrogens is 3. The topological polar surface area (TPSA) is 94.1 Å². The van der Waals surface area contributed by atoms with Gasteiger partial charge in [0.2, 0.25) is 0 Å². The number of nitrogens with zero attached hydrogens (tertiary/aromatic N) is 3. The van der Waals surface area contributed by atoms with Crippen LogP contribution in [-0.4, -0.2) is 56.3 Å². The Bertz CT molecular complexity index is 737. The van der Waals surface area contributed by atoms with Crippen LogP contribution in [0.1, 0.15) is 31.2 Å². The van der Waals surface area contributed by atoms with E-state index in [-0.39, 0.29) is 6.54 Å². The molecule has 7 heteroatoms. The molecule has 0 aliphatic heterocycles. The molecular formula is C19H25N5O2. The number of H-pyrrole nitrogens is 1. The summed E-state index contributed by atoms with van der Waals surface area (Å²) in [5, 5.41) is 20.0. The average molecular weight is 355 g/mol. The first-order valence-corrected chi connectivity index (χ1v) is 9.31. The summed E-state index contributed by atoms with van der Waals surface area (Å²) in [5.74, 6) is -0.00380. The van der Waals surface area contributed by atoms with E-state index in [4.69, 9.17) is 5.11 Å². The van der Waals surface area contributed by atoms with E-state index in [1.54, 1.807) is 6.20 Å². The van der Waals surface area contributed by atoms with E-state index >= 15 is 0 Å². The molecule has 0 aromatic carbocycles. The molecule has 0 bridgehead atoms. The molecule has 0 atom stereocenters. The maximum Gasteiger partial charge on any atom is 0.317 e. The number of carboxylic acid groups (broad SMARTS) is 1. The van der Waals surface area contributed by atoms with Crippen LogP contribution in [0, 0.1) is 5.92 Å². The number of aliphatic carboxylic acids is 1. The second kappa shape index (κ2) is 7.55. The van der Waals surface area contributed by atoms with Gasteiger partial charge in [0.15, 0.2) is 0 Å². The third-order valence-electron chi connectivity index (χ3n) is 5.41. The van der Waals surface area contributed by atoms with E-state index in [0.29, 0.717) is 18.0 Å². The van der Waals surface area contributed by atoms with Gasteiger partial charge in [0.1, 0.15) is 0 Å². The number of pyridine rings is 1. The number of aromatic amines is 1. The van der Waals surface area contributed by atoms with Gasteiger partial charge in [0.05, 0.1) is 18.4 Å².